The molecule has 2 aromatic heterocycles. The Hall–Kier alpha value is -5.14. The third-order valence-electron chi connectivity index (χ3n) is 4.82. The van der Waals surface area contributed by atoms with Crippen molar-refractivity contribution in [1.29, 1.82) is 0 Å². The molecule has 0 saturated heterocycles. The first-order valence-electron chi connectivity index (χ1n) is 10.3. The van der Waals surface area contributed by atoms with E-state index in [0.717, 1.165) is 0 Å². The smallest absolute Gasteiger partial charge is 0.294 e. The molecule has 178 valence electrons. The van der Waals surface area contributed by atoms with Crippen LogP contribution in [-0.4, -0.2) is 48.5 Å². The van der Waals surface area contributed by atoms with Crippen LogP contribution in [0.15, 0.2) is 58.3 Å². The Morgan fingerprint density at radius 3 is 2.69 bits per heavy atom. The number of hydrogen-bond acceptors (Lipinski definition) is 11. The van der Waals surface area contributed by atoms with Crippen molar-refractivity contribution in [3.05, 3.63) is 69.9 Å². The second kappa shape index (κ2) is 9.78. The number of nitrogens with two attached hydrogens (primary N) is 1. The summed E-state index contributed by atoms with van der Waals surface area (Å²) in [6.07, 6.45) is 0. The molecule has 14 heteroatoms. The van der Waals surface area contributed by atoms with Crippen molar-refractivity contribution in [2.45, 2.75) is 13.8 Å². The van der Waals surface area contributed by atoms with Crippen molar-refractivity contribution < 1.29 is 19.1 Å². The van der Waals surface area contributed by atoms with Gasteiger partial charge in [0.05, 0.1) is 17.2 Å². The molecular weight excluding hydrogens is 458 g/mol. The Kier molecular flexibility index (Phi) is 6.44. The highest BCUT2D eigenvalue weighted by atomic mass is 16.6. The molecule has 0 spiro atoms. The first-order valence-corrected chi connectivity index (χ1v) is 10.3. The van der Waals surface area contributed by atoms with Crippen LogP contribution in [0, 0.1) is 10.1 Å². The quantitative estimate of drug-likeness (QED) is 0.216. The van der Waals surface area contributed by atoms with E-state index in [1.54, 1.807) is 31.2 Å². The average molecular weight is 477 g/mol. The van der Waals surface area contributed by atoms with Crippen molar-refractivity contribution in [2.75, 3.05) is 12.3 Å². The van der Waals surface area contributed by atoms with E-state index in [4.69, 9.17) is 10.5 Å². The molecule has 0 bridgehead atoms. The zero-order chi connectivity index (χ0) is 24.9. The maximum absolute atomic E-state index is 13.1. The van der Waals surface area contributed by atoms with Gasteiger partial charge in [-0.3, -0.25) is 14.9 Å². The highest BCUT2D eigenvalue weighted by Gasteiger charge is 2.25. The third kappa shape index (κ3) is 4.80. The third-order valence-corrected chi connectivity index (χ3v) is 4.82. The molecule has 1 amide bonds. The molecule has 0 aliphatic heterocycles. The molecule has 0 unspecified atom stereocenters. The summed E-state index contributed by atoms with van der Waals surface area (Å²) in [6.45, 7) is 3.95. The van der Waals surface area contributed by atoms with Gasteiger partial charge in [0.1, 0.15) is 11.4 Å². The van der Waals surface area contributed by atoms with Crippen LogP contribution in [0.25, 0.3) is 17.1 Å². The number of amides is 1. The minimum Gasteiger partial charge on any atom is -0.494 e. The Morgan fingerprint density at radius 1 is 1.26 bits per heavy atom. The number of nitro benzene ring substituents is 1. The Balaban J connectivity index is 1.69. The monoisotopic (exact) mass is 477 g/mol. The maximum atomic E-state index is 13.1. The molecule has 2 heterocycles. The number of carbonyl (C=O) groups excluding carboxylic acids is 1. The van der Waals surface area contributed by atoms with Gasteiger partial charge in [0.25, 0.3) is 11.6 Å². The van der Waals surface area contributed by atoms with Crippen LogP contribution in [0.1, 0.15) is 29.9 Å². The molecule has 0 atom stereocenters. The minimum atomic E-state index is -0.663. The number of aromatic nitrogens is 5. The molecule has 35 heavy (non-hydrogen) atoms. The molecular formula is C21H19N9O5. The van der Waals surface area contributed by atoms with E-state index in [2.05, 4.69) is 35.8 Å². The van der Waals surface area contributed by atoms with Gasteiger partial charge in [-0.2, -0.15) is 9.78 Å². The van der Waals surface area contributed by atoms with Crippen LogP contribution in [-0.2, 0) is 0 Å². The normalized spacial score (nSPS) is 11.3. The summed E-state index contributed by atoms with van der Waals surface area (Å²) in [5, 5.41) is 30.2. The SMILES string of the molecule is CCOc1cccc(-c2c(C(=O)N/N=C(\C)c3ccc([N+](=O)[O-])cc3)nnn2-c2nonc2N)c1. The lowest BCUT2D eigenvalue weighted by molar-refractivity contribution is -0.384. The average Bonchev–Trinajstić information content (AvgIpc) is 3.48. The number of ether oxygens (including phenoxy) is 1. The second-order valence-electron chi connectivity index (χ2n) is 7.07. The zero-order valence-corrected chi connectivity index (χ0v) is 18.6. The lowest BCUT2D eigenvalue weighted by Gasteiger charge is -2.08. The number of benzene rings is 2. The largest absolute Gasteiger partial charge is 0.494 e. The first kappa shape index (κ1) is 23.0. The molecule has 14 nitrogen and oxygen atoms in total. The lowest BCUT2D eigenvalue weighted by atomic mass is 10.1. The summed E-state index contributed by atoms with van der Waals surface area (Å²) in [5.74, 6) is -0.0817. The van der Waals surface area contributed by atoms with Gasteiger partial charge in [-0.15, -0.1) is 5.10 Å². The molecule has 0 aliphatic rings. The number of nitrogens with one attached hydrogen (secondary N) is 1. The number of rotatable bonds is 8. The van der Waals surface area contributed by atoms with E-state index in [0.29, 0.717) is 29.2 Å². The highest BCUT2D eigenvalue weighted by Crippen LogP contribution is 2.29. The number of carbonyl (C=O) groups is 1. The Morgan fingerprint density at radius 2 is 2.03 bits per heavy atom. The van der Waals surface area contributed by atoms with E-state index in [1.807, 2.05) is 6.92 Å². The fourth-order valence-corrected chi connectivity index (χ4v) is 3.16. The number of anilines is 1. The lowest BCUT2D eigenvalue weighted by Crippen LogP contribution is -2.21. The van der Waals surface area contributed by atoms with E-state index < -0.39 is 10.8 Å². The first-order chi connectivity index (χ1) is 16.9. The van der Waals surface area contributed by atoms with Gasteiger partial charge in [-0.1, -0.05) is 17.3 Å². The van der Waals surface area contributed by atoms with Crippen LogP contribution in [0.3, 0.4) is 0 Å². The molecule has 4 aromatic rings. The summed E-state index contributed by atoms with van der Waals surface area (Å²) in [5.41, 5.74) is 9.96. The summed E-state index contributed by atoms with van der Waals surface area (Å²) >= 11 is 0. The molecule has 4 rings (SSSR count). The van der Waals surface area contributed by atoms with Crippen LogP contribution >= 0.6 is 0 Å². The van der Waals surface area contributed by atoms with Gasteiger partial charge in [0.2, 0.25) is 11.6 Å². The number of hydrazone groups is 1. The number of hydrogen-bond donors (Lipinski definition) is 2. The topological polar surface area (TPSA) is 189 Å². The second-order valence-corrected chi connectivity index (χ2v) is 7.07. The molecule has 0 saturated carbocycles. The summed E-state index contributed by atoms with van der Waals surface area (Å²) < 4.78 is 11.5. The maximum Gasteiger partial charge on any atom is 0.294 e. The zero-order valence-electron chi connectivity index (χ0n) is 18.6. The Bertz CT molecular complexity index is 1410. The van der Waals surface area contributed by atoms with Crippen molar-refractivity contribution in [3.63, 3.8) is 0 Å². The number of nitrogen functional groups attached to an aromatic ring is 1. The molecule has 3 N–H and O–H groups in total. The van der Waals surface area contributed by atoms with Gasteiger partial charge in [0.15, 0.2) is 5.69 Å². The molecule has 0 radical (unpaired) electrons. The number of nitrogens with zero attached hydrogens (tertiary/aromatic N) is 7. The molecule has 0 fully saturated rings. The molecule has 2 aromatic carbocycles. The number of non-ortho nitro benzene ring substituents is 1. The summed E-state index contributed by atoms with van der Waals surface area (Å²) in [7, 11) is 0. The Labute approximate surface area is 197 Å². The van der Waals surface area contributed by atoms with Crippen LogP contribution in [0.4, 0.5) is 11.5 Å². The van der Waals surface area contributed by atoms with Gasteiger partial charge in [0, 0.05) is 17.7 Å². The predicted octanol–water partition coefficient (Wildman–Crippen LogP) is 2.36. The summed E-state index contributed by atoms with van der Waals surface area (Å²) in [4.78, 5) is 23.4. The van der Waals surface area contributed by atoms with Gasteiger partial charge in [-0.05, 0) is 54.0 Å². The standard InChI is InChI=1S/C21H19N9O5/c1-3-34-16-6-4-5-14(11-16)18-17(24-28-29(18)20-19(22)26-35-27-20)21(31)25-23-12(2)13-7-9-15(10-8-13)30(32)33/h4-11H,3H2,1-2H3,(H2,22,26)(H,25,31)/b23-12+. The van der Waals surface area contributed by atoms with Gasteiger partial charge < -0.3 is 10.5 Å². The van der Waals surface area contributed by atoms with Crippen molar-refractivity contribution >= 4 is 23.1 Å². The number of nitro groups is 1. The van der Waals surface area contributed by atoms with Gasteiger partial charge in [-0.25, -0.2) is 10.1 Å². The van der Waals surface area contributed by atoms with Crippen LogP contribution in [0.5, 0.6) is 5.75 Å². The van der Waals surface area contributed by atoms with E-state index >= 15 is 0 Å². The van der Waals surface area contributed by atoms with E-state index in [9.17, 15) is 14.9 Å². The van der Waals surface area contributed by atoms with E-state index in [-0.39, 0.29) is 28.7 Å². The fourth-order valence-electron chi connectivity index (χ4n) is 3.16. The van der Waals surface area contributed by atoms with Crippen molar-refractivity contribution in [2.24, 2.45) is 5.10 Å². The summed E-state index contributed by atoms with van der Waals surface area (Å²) in [6, 6.07) is 12.7. The van der Waals surface area contributed by atoms with Gasteiger partial charge >= 0.3 is 0 Å². The van der Waals surface area contributed by atoms with Crippen LogP contribution < -0.4 is 15.9 Å². The fraction of sp³-hybridized carbons (Fsp3) is 0.143. The molecule has 0 aliphatic carbocycles. The highest BCUT2D eigenvalue weighted by molar-refractivity contribution is 6.02. The van der Waals surface area contributed by atoms with Crippen molar-refractivity contribution in [1.82, 2.24) is 30.7 Å². The van der Waals surface area contributed by atoms with E-state index in [1.165, 1.54) is 28.9 Å². The van der Waals surface area contributed by atoms with Crippen LogP contribution in [0.2, 0.25) is 0 Å². The van der Waals surface area contributed by atoms with Crippen molar-refractivity contribution in [3.8, 4) is 22.8 Å². The predicted molar refractivity (Wildman–Crippen MR) is 123 cm³/mol. The minimum absolute atomic E-state index is 0.0453.